The number of phosphoric ester groups is 1. The first-order chi connectivity index (χ1) is 13.3. The van der Waals surface area contributed by atoms with Crippen molar-refractivity contribution >= 4 is 7.82 Å². The molecule has 0 amide bonds. The van der Waals surface area contributed by atoms with Gasteiger partial charge in [0, 0.05) is 0 Å². The number of phosphoric acid groups is 1. The van der Waals surface area contributed by atoms with Gasteiger partial charge in [-0.05, 0) is 26.9 Å². The van der Waals surface area contributed by atoms with E-state index in [1.54, 1.807) is 6.08 Å². The van der Waals surface area contributed by atoms with Gasteiger partial charge in [0.05, 0.1) is 18.8 Å². The molecule has 170 valence electrons. The molecule has 0 fully saturated rings. The van der Waals surface area contributed by atoms with E-state index in [9.17, 15) is 9.67 Å². The fourth-order valence-electron chi connectivity index (χ4n) is 2.59. The molecule has 8 heteroatoms. The standard InChI is InChI=1S/C18H38NO5P.C2H7N/c1-2-3-4-5-6-7-8-9-10-11-12-13-14-15-18(20)17(19)16-24-25(21,22)23;1-3-2/h14-15,17-18,20H,2-13,16,19H2,1H3,(H2,21,22,23);3H,1-2H3/b15-14+;/t17-,18+;/m0./s1. The van der Waals surface area contributed by atoms with E-state index in [1.165, 1.54) is 64.2 Å². The molecule has 0 radical (unpaired) electrons. The van der Waals surface area contributed by atoms with Crippen LogP contribution in [0, 0.1) is 0 Å². The van der Waals surface area contributed by atoms with Gasteiger partial charge >= 0.3 is 7.82 Å². The molecule has 0 unspecified atom stereocenters. The van der Waals surface area contributed by atoms with Gasteiger partial charge in [0.25, 0.3) is 0 Å². The smallest absolute Gasteiger partial charge is 0.387 e. The lowest BCUT2D eigenvalue weighted by atomic mass is 10.0. The lowest BCUT2D eigenvalue weighted by Gasteiger charge is -2.15. The van der Waals surface area contributed by atoms with Crippen LogP contribution in [0.15, 0.2) is 12.2 Å². The topological polar surface area (TPSA) is 125 Å². The Morgan fingerprint density at radius 1 is 0.964 bits per heavy atom. The summed E-state index contributed by atoms with van der Waals surface area (Å²) in [6.45, 7) is 1.86. The molecule has 6 N–H and O–H groups in total. The summed E-state index contributed by atoms with van der Waals surface area (Å²) in [5, 5.41) is 12.5. The third kappa shape index (κ3) is 25.7. The summed E-state index contributed by atoms with van der Waals surface area (Å²) in [4.78, 5) is 17.2. The van der Waals surface area contributed by atoms with E-state index in [4.69, 9.17) is 15.5 Å². The van der Waals surface area contributed by atoms with Gasteiger partial charge in [-0.3, -0.25) is 4.52 Å². The largest absolute Gasteiger partial charge is 0.469 e. The lowest BCUT2D eigenvalue weighted by molar-refractivity contribution is 0.129. The van der Waals surface area contributed by atoms with Crippen molar-refractivity contribution < 1.29 is 24.0 Å². The van der Waals surface area contributed by atoms with E-state index in [0.717, 1.165) is 12.8 Å². The van der Waals surface area contributed by atoms with E-state index in [1.807, 2.05) is 20.2 Å². The number of hydrogen-bond donors (Lipinski definition) is 5. The van der Waals surface area contributed by atoms with Gasteiger partial charge in [0.15, 0.2) is 0 Å². The molecular formula is C20H45N2O5P. The summed E-state index contributed by atoms with van der Waals surface area (Å²) in [5.74, 6) is 0. The second-order valence-electron chi connectivity index (χ2n) is 7.19. The van der Waals surface area contributed by atoms with E-state index in [-0.39, 0.29) is 6.61 Å². The molecule has 0 aromatic rings. The number of aliphatic hydroxyl groups excluding tert-OH is 1. The van der Waals surface area contributed by atoms with Gasteiger partial charge in [-0.15, -0.1) is 0 Å². The highest BCUT2D eigenvalue weighted by Crippen LogP contribution is 2.35. The summed E-state index contributed by atoms with van der Waals surface area (Å²) in [6.07, 6.45) is 17.6. The zero-order valence-corrected chi connectivity index (χ0v) is 19.1. The Labute approximate surface area is 172 Å². The second kappa shape index (κ2) is 21.4. The lowest BCUT2D eigenvalue weighted by Crippen LogP contribution is -2.37. The first-order valence-electron chi connectivity index (χ1n) is 10.7. The molecule has 0 aromatic heterocycles. The van der Waals surface area contributed by atoms with Crippen molar-refractivity contribution in [1.82, 2.24) is 5.32 Å². The van der Waals surface area contributed by atoms with Crippen LogP contribution in [0.4, 0.5) is 0 Å². The first kappa shape index (κ1) is 29.9. The molecule has 0 bridgehead atoms. The van der Waals surface area contributed by atoms with Gasteiger partial charge in [-0.25, -0.2) is 4.57 Å². The van der Waals surface area contributed by atoms with Crippen molar-refractivity contribution in [1.29, 1.82) is 0 Å². The molecule has 0 spiro atoms. The summed E-state index contributed by atoms with van der Waals surface area (Å²) >= 11 is 0. The van der Waals surface area contributed by atoms with Crippen molar-refractivity contribution in [2.45, 2.75) is 96.1 Å². The van der Waals surface area contributed by atoms with Crippen molar-refractivity contribution in [3.8, 4) is 0 Å². The van der Waals surface area contributed by atoms with Gasteiger partial charge in [0.2, 0.25) is 0 Å². The maximum absolute atomic E-state index is 10.6. The number of allylic oxidation sites excluding steroid dienone is 1. The van der Waals surface area contributed by atoms with Crippen molar-refractivity contribution in [3.05, 3.63) is 12.2 Å². The Bertz CT molecular complexity index is 391. The Hall–Kier alpha value is -0.270. The molecule has 7 nitrogen and oxygen atoms in total. The van der Waals surface area contributed by atoms with E-state index in [2.05, 4.69) is 16.8 Å². The maximum Gasteiger partial charge on any atom is 0.469 e. The van der Waals surface area contributed by atoms with E-state index in [0.29, 0.717) is 0 Å². The molecule has 0 aliphatic rings. The average Bonchev–Trinajstić information content (AvgIpc) is 2.63. The molecule has 28 heavy (non-hydrogen) atoms. The van der Waals surface area contributed by atoms with Gasteiger partial charge < -0.3 is 25.9 Å². The summed E-state index contributed by atoms with van der Waals surface area (Å²) < 4.78 is 14.8. The third-order valence-electron chi connectivity index (χ3n) is 4.18. The average molecular weight is 425 g/mol. The molecular weight excluding hydrogens is 379 g/mol. The van der Waals surface area contributed by atoms with Gasteiger partial charge in [-0.2, -0.15) is 0 Å². The van der Waals surface area contributed by atoms with Gasteiger partial charge in [0.1, 0.15) is 0 Å². The number of unbranched alkanes of at least 4 members (excludes halogenated alkanes) is 11. The fourth-order valence-corrected chi connectivity index (χ4v) is 2.95. The van der Waals surface area contributed by atoms with Crippen molar-refractivity contribution in [2.24, 2.45) is 5.73 Å². The van der Waals surface area contributed by atoms with Crippen LogP contribution in [0.1, 0.15) is 84.0 Å². The van der Waals surface area contributed by atoms with Crippen LogP contribution in [-0.2, 0) is 9.09 Å². The first-order valence-corrected chi connectivity index (χ1v) is 12.2. The summed E-state index contributed by atoms with van der Waals surface area (Å²) in [7, 11) is -0.785. The van der Waals surface area contributed by atoms with Crippen LogP contribution in [0.25, 0.3) is 0 Å². The Kier molecular flexibility index (Phi) is 22.9. The Morgan fingerprint density at radius 2 is 1.39 bits per heavy atom. The molecule has 0 saturated carbocycles. The number of rotatable bonds is 17. The molecule has 0 heterocycles. The van der Waals surface area contributed by atoms with Crippen molar-refractivity contribution in [2.75, 3.05) is 20.7 Å². The predicted octanol–water partition coefficient (Wildman–Crippen LogP) is 3.88. The third-order valence-corrected chi connectivity index (χ3v) is 4.67. The molecule has 2 atom stereocenters. The predicted molar refractivity (Wildman–Crippen MR) is 117 cm³/mol. The highest BCUT2D eigenvalue weighted by molar-refractivity contribution is 7.46. The zero-order valence-electron chi connectivity index (χ0n) is 18.2. The maximum atomic E-state index is 10.6. The molecule has 0 rings (SSSR count). The number of nitrogens with one attached hydrogen (secondary N) is 1. The van der Waals surface area contributed by atoms with Crippen LogP contribution >= 0.6 is 7.82 Å². The van der Waals surface area contributed by atoms with E-state index >= 15 is 0 Å². The summed E-state index contributed by atoms with van der Waals surface area (Å²) in [6, 6.07) is -0.846. The highest BCUT2D eigenvalue weighted by Gasteiger charge is 2.19. The van der Waals surface area contributed by atoms with Crippen LogP contribution in [0.2, 0.25) is 0 Å². The van der Waals surface area contributed by atoms with Crippen LogP contribution < -0.4 is 11.1 Å². The Morgan fingerprint density at radius 3 is 1.82 bits per heavy atom. The zero-order chi connectivity index (χ0) is 21.7. The van der Waals surface area contributed by atoms with E-state index < -0.39 is 20.0 Å². The summed E-state index contributed by atoms with van der Waals surface area (Å²) in [5.41, 5.74) is 5.60. The quantitative estimate of drug-likeness (QED) is 0.136. The number of aliphatic hydroxyl groups is 1. The number of hydrogen-bond acceptors (Lipinski definition) is 5. The molecule has 0 aromatic carbocycles. The van der Waals surface area contributed by atoms with Crippen LogP contribution in [0.3, 0.4) is 0 Å². The SMILES string of the molecule is CCCCCCCCCCCCC/C=C/[C@@H](O)[C@@H](N)COP(=O)(O)O.CNC. The molecule has 0 aliphatic carbocycles. The second-order valence-corrected chi connectivity index (χ2v) is 8.43. The number of nitrogens with two attached hydrogens (primary N) is 1. The van der Waals surface area contributed by atoms with Gasteiger partial charge in [-0.1, -0.05) is 83.3 Å². The van der Waals surface area contributed by atoms with Crippen LogP contribution in [-0.4, -0.2) is 47.7 Å². The minimum absolute atomic E-state index is 0.381. The monoisotopic (exact) mass is 424 g/mol. The minimum Gasteiger partial charge on any atom is -0.387 e. The minimum atomic E-state index is -4.53. The Balaban J connectivity index is 0. The molecule has 0 aliphatic heterocycles. The molecule has 0 saturated heterocycles. The normalized spacial score (nSPS) is 14.0. The highest BCUT2D eigenvalue weighted by atomic mass is 31.2. The van der Waals surface area contributed by atoms with Crippen molar-refractivity contribution in [3.63, 3.8) is 0 Å². The fraction of sp³-hybridized carbons (Fsp3) is 0.900. The van der Waals surface area contributed by atoms with Crippen LogP contribution in [0.5, 0.6) is 0 Å².